The first-order valence-electron chi connectivity index (χ1n) is 10.9. The summed E-state index contributed by atoms with van der Waals surface area (Å²) in [5.74, 6) is 0.833. The SMILES string of the molecule is COc1ccc(Cn2ncc3cc(C)c(C4=CCN(C(=O)OC(C)(C)C)CC4)nc32)cc1. The van der Waals surface area contributed by atoms with Crippen LogP contribution in [0.25, 0.3) is 16.6 Å². The second-order valence-electron chi connectivity index (χ2n) is 9.12. The maximum atomic E-state index is 12.4. The fraction of sp³-hybridized carbons (Fsp3) is 0.400. The zero-order chi connectivity index (χ0) is 22.9. The number of nitrogens with zero attached hydrogens (tertiary/aromatic N) is 4. The topological polar surface area (TPSA) is 69.5 Å². The standard InChI is InChI=1S/C25H30N4O3/c1-17-14-20-15-26-29(16-18-6-8-21(31-5)9-7-18)23(20)27-22(17)19-10-12-28(13-11-19)24(30)32-25(2,3)4/h6-10,14-15H,11-13,16H2,1-5H3. The first kappa shape index (κ1) is 21.9. The van der Waals surface area contributed by atoms with Gasteiger partial charge < -0.3 is 14.4 Å². The van der Waals surface area contributed by atoms with Crippen LogP contribution in [0.2, 0.25) is 0 Å². The molecule has 7 heteroatoms. The number of amides is 1. The van der Waals surface area contributed by atoms with Crippen molar-refractivity contribution in [2.45, 2.75) is 46.3 Å². The highest BCUT2D eigenvalue weighted by Crippen LogP contribution is 2.27. The highest BCUT2D eigenvalue weighted by atomic mass is 16.6. The van der Waals surface area contributed by atoms with Gasteiger partial charge in [0.25, 0.3) is 0 Å². The third kappa shape index (κ3) is 4.77. The van der Waals surface area contributed by atoms with Crippen LogP contribution in [0.15, 0.2) is 42.6 Å². The number of aryl methyl sites for hydroxylation is 1. The van der Waals surface area contributed by atoms with E-state index in [0.29, 0.717) is 19.6 Å². The van der Waals surface area contributed by atoms with Crippen LogP contribution in [0.5, 0.6) is 5.75 Å². The average Bonchev–Trinajstić information content (AvgIpc) is 3.14. The van der Waals surface area contributed by atoms with E-state index in [2.05, 4.69) is 24.2 Å². The Kier molecular flexibility index (Phi) is 5.91. The Hall–Kier alpha value is -3.35. The molecule has 0 bridgehead atoms. The second kappa shape index (κ2) is 8.65. The summed E-state index contributed by atoms with van der Waals surface area (Å²) in [6.45, 7) is 9.49. The normalized spacial score (nSPS) is 14.4. The number of hydrogen-bond acceptors (Lipinski definition) is 5. The van der Waals surface area contributed by atoms with Gasteiger partial charge in [0.05, 0.1) is 25.5 Å². The van der Waals surface area contributed by atoms with E-state index in [-0.39, 0.29) is 6.09 Å². The number of carbonyl (C=O) groups is 1. The number of fused-ring (bicyclic) bond motifs is 1. The third-order valence-corrected chi connectivity index (χ3v) is 5.46. The summed E-state index contributed by atoms with van der Waals surface area (Å²) in [5, 5.41) is 5.58. The molecule has 2 aromatic heterocycles. The molecule has 0 spiro atoms. The van der Waals surface area contributed by atoms with Crippen LogP contribution in [-0.2, 0) is 11.3 Å². The average molecular weight is 435 g/mol. The molecule has 0 aliphatic carbocycles. The summed E-state index contributed by atoms with van der Waals surface area (Å²) in [5.41, 5.74) is 4.73. The van der Waals surface area contributed by atoms with E-state index in [0.717, 1.165) is 45.6 Å². The summed E-state index contributed by atoms with van der Waals surface area (Å²) < 4.78 is 12.7. The first-order valence-corrected chi connectivity index (χ1v) is 10.9. The summed E-state index contributed by atoms with van der Waals surface area (Å²) >= 11 is 0. The molecule has 1 aliphatic rings. The minimum Gasteiger partial charge on any atom is -0.497 e. The molecule has 0 fully saturated rings. The summed E-state index contributed by atoms with van der Waals surface area (Å²) in [6, 6.07) is 10.1. The minimum absolute atomic E-state index is 0.273. The molecule has 0 saturated heterocycles. The quantitative estimate of drug-likeness (QED) is 0.589. The number of carbonyl (C=O) groups excluding carboxylic acids is 1. The molecule has 0 unspecified atom stereocenters. The number of aromatic nitrogens is 3. The number of benzene rings is 1. The first-order chi connectivity index (χ1) is 15.2. The number of rotatable bonds is 4. The van der Waals surface area contributed by atoms with Crippen LogP contribution in [-0.4, -0.2) is 51.6 Å². The Morgan fingerprint density at radius 3 is 2.56 bits per heavy atom. The van der Waals surface area contributed by atoms with Gasteiger partial charge in [0.2, 0.25) is 0 Å². The van der Waals surface area contributed by atoms with Gasteiger partial charge in [0.1, 0.15) is 11.4 Å². The summed E-state index contributed by atoms with van der Waals surface area (Å²) in [6.07, 6.45) is 4.41. The van der Waals surface area contributed by atoms with E-state index < -0.39 is 5.60 Å². The molecular formula is C25H30N4O3. The zero-order valence-corrected chi connectivity index (χ0v) is 19.4. The number of pyridine rings is 1. The van der Waals surface area contributed by atoms with Gasteiger partial charge in [-0.1, -0.05) is 18.2 Å². The van der Waals surface area contributed by atoms with E-state index in [9.17, 15) is 4.79 Å². The lowest BCUT2D eigenvalue weighted by Crippen LogP contribution is -2.39. The van der Waals surface area contributed by atoms with E-state index >= 15 is 0 Å². The number of hydrogen-bond donors (Lipinski definition) is 0. The predicted octanol–water partition coefficient (Wildman–Crippen LogP) is 4.82. The number of methoxy groups -OCH3 is 1. The van der Waals surface area contributed by atoms with Crippen molar-refractivity contribution in [1.82, 2.24) is 19.7 Å². The fourth-order valence-electron chi connectivity index (χ4n) is 3.83. The Balaban J connectivity index is 1.56. The van der Waals surface area contributed by atoms with E-state index in [4.69, 9.17) is 14.5 Å². The Labute approximate surface area is 188 Å². The van der Waals surface area contributed by atoms with Gasteiger partial charge in [-0.3, -0.25) is 0 Å². The van der Waals surface area contributed by atoms with Gasteiger partial charge in [-0.25, -0.2) is 14.5 Å². The Morgan fingerprint density at radius 2 is 1.94 bits per heavy atom. The van der Waals surface area contributed by atoms with Crippen molar-refractivity contribution in [2.24, 2.45) is 0 Å². The van der Waals surface area contributed by atoms with E-state index in [1.54, 1.807) is 12.0 Å². The van der Waals surface area contributed by atoms with Gasteiger partial charge >= 0.3 is 6.09 Å². The second-order valence-corrected chi connectivity index (χ2v) is 9.12. The van der Waals surface area contributed by atoms with Gasteiger partial charge in [0, 0.05) is 18.5 Å². The van der Waals surface area contributed by atoms with Crippen molar-refractivity contribution < 1.29 is 14.3 Å². The Bertz CT molecular complexity index is 1160. The molecule has 0 saturated carbocycles. The monoisotopic (exact) mass is 434 g/mol. The van der Waals surface area contributed by atoms with Gasteiger partial charge in [-0.05, 0) is 69.0 Å². The lowest BCUT2D eigenvalue weighted by atomic mass is 10.0. The van der Waals surface area contributed by atoms with Crippen molar-refractivity contribution in [3.05, 3.63) is 59.4 Å². The molecular weight excluding hydrogens is 404 g/mol. The molecule has 1 aliphatic heterocycles. The lowest BCUT2D eigenvalue weighted by Gasteiger charge is -2.29. The van der Waals surface area contributed by atoms with Gasteiger partial charge in [0.15, 0.2) is 5.65 Å². The highest BCUT2D eigenvalue weighted by molar-refractivity contribution is 5.80. The summed E-state index contributed by atoms with van der Waals surface area (Å²) in [4.78, 5) is 19.1. The van der Waals surface area contributed by atoms with Gasteiger partial charge in [-0.2, -0.15) is 5.10 Å². The maximum absolute atomic E-state index is 12.4. The van der Waals surface area contributed by atoms with Crippen LogP contribution in [0.4, 0.5) is 4.79 Å². The molecule has 7 nitrogen and oxygen atoms in total. The number of ether oxygens (including phenoxy) is 2. The van der Waals surface area contributed by atoms with E-state index in [1.165, 1.54) is 0 Å². The highest BCUT2D eigenvalue weighted by Gasteiger charge is 2.25. The molecule has 0 N–H and O–H groups in total. The maximum Gasteiger partial charge on any atom is 0.410 e. The van der Waals surface area contributed by atoms with Crippen molar-refractivity contribution in [2.75, 3.05) is 20.2 Å². The van der Waals surface area contributed by atoms with Gasteiger partial charge in [-0.15, -0.1) is 0 Å². The fourth-order valence-corrected chi connectivity index (χ4v) is 3.83. The van der Waals surface area contributed by atoms with Crippen LogP contribution < -0.4 is 4.74 Å². The molecule has 3 aromatic rings. The molecule has 32 heavy (non-hydrogen) atoms. The minimum atomic E-state index is -0.494. The van der Waals surface area contributed by atoms with Crippen LogP contribution in [0, 0.1) is 6.92 Å². The van der Waals surface area contributed by atoms with Crippen molar-refractivity contribution >= 4 is 22.7 Å². The van der Waals surface area contributed by atoms with Crippen LogP contribution in [0.3, 0.4) is 0 Å². The molecule has 0 atom stereocenters. The van der Waals surface area contributed by atoms with Crippen LogP contribution >= 0.6 is 0 Å². The molecule has 168 valence electrons. The van der Waals surface area contributed by atoms with Crippen LogP contribution in [0.1, 0.15) is 44.0 Å². The zero-order valence-electron chi connectivity index (χ0n) is 19.4. The molecule has 4 rings (SSSR count). The molecule has 1 amide bonds. The predicted molar refractivity (Wildman–Crippen MR) is 125 cm³/mol. The Morgan fingerprint density at radius 1 is 1.19 bits per heavy atom. The lowest BCUT2D eigenvalue weighted by molar-refractivity contribution is 0.0270. The van der Waals surface area contributed by atoms with Crippen molar-refractivity contribution in [3.8, 4) is 5.75 Å². The van der Waals surface area contributed by atoms with Crippen molar-refractivity contribution in [1.29, 1.82) is 0 Å². The molecule has 3 heterocycles. The third-order valence-electron chi connectivity index (χ3n) is 5.46. The van der Waals surface area contributed by atoms with Crippen molar-refractivity contribution in [3.63, 3.8) is 0 Å². The summed E-state index contributed by atoms with van der Waals surface area (Å²) in [7, 11) is 1.66. The molecule has 1 aromatic carbocycles. The molecule has 0 radical (unpaired) electrons. The van der Waals surface area contributed by atoms with E-state index in [1.807, 2.05) is 55.9 Å². The largest absolute Gasteiger partial charge is 0.497 e. The smallest absolute Gasteiger partial charge is 0.410 e.